The molecule has 1 saturated heterocycles. The summed E-state index contributed by atoms with van der Waals surface area (Å²) in [5.74, 6) is 0. The average molecular weight is 245 g/mol. The van der Waals surface area contributed by atoms with Crippen LogP contribution in [0.4, 0.5) is 0 Å². The molecule has 18 heavy (non-hydrogen) atoms. The second-order valence-electron chi connectivity index (χ2n) is 6.20. The van der Waals surface area contributed by atoms with Crippen molar-refractivity contribution < 1.29 is 4.74 Å². The number of hydrogen-bond donors (Lipinski definition) is 1. The summed E-state index contributed by atoms with van der Waals surface area (Å²) in [4.78, 5) is 0. The smallest absolute Gasteiger partial charge is 0.0591 e. The van der Waals surface area contributed by atoms with Crippen LogP contribution >= 0.6 is 0 Å². The van der Waals surface area contributed by atoms with Crippen LogP contribution in [-0.2, 0) is 10.2 Å². The molecule has 2 fully saturated rings. The second-order valence-corrected chi connectivity index (χ2v) is 6.20. The molecule has 1 N–H and O–H groups in total. The molecule has 2 heteroatoms. The van der Waals surface area contributed by atoms with Gasteiger partial charge in [0.15, 0.2) is 0 Å². The number of aryl methyl sites for hydroxylation is 2. The molecular formula is C16H23NO. The summed E-state index contributed by atoms with van der Waals surface area (Å²) in [5, 5.41) is 3.39. The maximum atomic E-state index is 5.63. The molecule has 0 amide bonds. The lowest BCUT2D eigenvalue weighted by molar-refractivity contribution is -0.0989. The zero-order valence-corrected chi connectivity index (χ0v) is 11.7. The topological polar surface area (TPSA) is 21.3 Å². The third-order valence-electron chi connectivity index (χ3n) is 4.99. The Kier molecular flexibility index (Phi) is 2.76. The van der Waals surface area contributed by atoms with E-state index in [1.807, 2.05) is 0 Å². The summed E-state index contributed by atoms with van der Waals surface area (Å²) in [6, 6.07) is 6.86. The highest BCUT2D eigenvalue weighted by Gasteiger charge is 2.63. The van der Waals surface area contributed by atoms with E-state index in [0.29, 0.717) is 5.41 Å². The van der Waals surface area contributed by atoms with Gasteiger partial charge in [-0.15, -0.1) is 0 Å². The first-order chi connectivity index (χ1) is 8.63. The van der Waals surface area contributed by atoms with Crippen molar-refractivity contribution in [3.05, 3.63) is 34.9 Å². The minimum Gasteiger partial charge on any atom is -0.379 e. The molecule has 1 aromatic rings. The summed E-state index contributed by atoms with van der Waals surface area (Å²) < 4.78 is 5.63. The van der Waals surface area contributed by atoms with Crippen molar-refractivity contribution in [1.29, 1.82) is 0 Å². The van der Waals surface area contributed by atoms with E-state index >= 15 is 0 Å². The Hall–Kier alpha value is -0.860. The van der Waals surface area contributed by atoms with Gasteiger partial charge in [0.2, 0.25) is 0 Å². The van der Waals surface area contributed by atoms with E-state index in [0.717, 1.165) is 19.8 Å². The monoisotopic (exact) mass is 245 g/mol. The van der Waals surface area contributed by atoms with E-state index in [1.165, 1.54) is 29.5 Å². The van der Waals surface area contributed by atoms with Crippen molar-refractivity contribution in [3.8, 4) is 0 Å². The lowest BCUT2D eigenvalue weighted by atomic mass is 9.64. The normalized spacial score (nSPS) is 23.5. The Morgan fingerprint density at radius 1 is 1.22 bits per heavy atom. The molecule has 0 atom stereocenters. The van der Waals surface area contributed by atoms with Crippen molar-refractivity contribution >= 4 is 0 Å². The molecule has 2 nitrogen and oxygen atoms in total. The maximum Gasteiger partial charge on any atom is 0.0591 e. The zero-order valence-electron chi connectivity index (χ0n) is 11.7. The first kappa shape index (κ1) is 12.2. The fraction of sp³-hybridized carbons (Fsp3) is 0.625. The van der Waals surface area contributed by atoms with Crippen LogP contribution < -0.4 is 5.32 Å². The average Bonchev–Trinajstić information content (AvgIpc) is 3.03. The van der Waals surface area contributed by atoms with Crippen LogP contribution in [0.2, 0.25) is 0 Å². The minimum atomic E-state index is 0.270. The SMILES string of the molecule is CNCC1(C2(c3cc(C)ccc3C)COC2)CC1. The van der Waals surface area contributed by atoms with E-state index < -0.39 is 0 Å². The Labute approximate surface area is 110 Å². The van der Waals surface area contributed by atoms with Gasteiger partial charge in [0, 0.05) is 12.0 Å². The molecule has 1 aliphatic carbocycles. The molecule has 2 aliphatic rings. The number of rotatable bonds is 4. The zero-order chi connectivity index (χ0) is 12.8. The summed E-state index contributed by atoms with van der Waals surface area (Å²) >= 11 is 0. The third-order valence-corrected chi connectivity index (χ3v) is 4.99. The quantitative estimate of drug-likeness (QED) is 0.880. The van der Waals surface area contributed by atoms with Gasteiger partial charge in [-0.2, -0.15) is 0 Å². The highest BCUT2D eigenvalue weighted by atomic mass is 16.5. The summed E-state index contributed by atoms with van der Waals surface area (Å²) in [6.07, 6.45) is 2.68. The number of nitrogens with one attached hydrogen (secondary N) is 1. The van der Waals surface area contributed by atoms with Gasteiger partial charge < -0.3 is 10.1 Å². The van der Waals surface area contributed by atoms with Crippen molar-refractivity contribution in [2.75, 3.05) is 26.8 Å². The van der Waals surface area contributed by atoms with Crippen molar-refractivity contribution in [2.24, 2.45) is 5.41 Å². The van der Waals surface area contributed by atoms with Gasteiger partial charge in [-0.1, -0.05) is 23.8 Å². The first-order valence-corrected chi connectivity index (χ1v) is 6.94. The van der Waals surface area contributed by atoms with E-state index in [9.17, 15) is 0 Å². The molecule has 1 saturated carbocycles. The van der Waals surface area contributed by atoms with Gasteiger partial charge in [0.05, 0.1) is 13.2 Å². The molecule has 0 bridgehead atoms. The Morgan fingerprint density at radius 2 is 1.94 bits per heavy atom. The predicted molar refractivity (Wildman–Crippen MR) is 74.0 cm³/mol. The Balaban J connectivity index is 2.04. The highest BCUT2D eigenvalue weighted by molar-refractivity contribution is 5.42. The molecule has 0 unspecified atom stereocenters. The maximum absolute atomic E-state index is 5.63. The lowest BCUT2D eigenvalue weighted by Gasteiger charge is -2.49. The highest BCUT2D eigenvalue weighted by Crippen LogP contribution is 2.62. The van der Waals surface area contributed by atoms with E-state index in [1.54, 1.807) is 0 Å². The fourth-order valence-corrected chi connectivity index (χ4v) is 3.62. The van der Waals surface area contributed by atoms with Crippen LogP contribution in [0.5, 0.6) is 0 Å². The molecule has 1 heterocycles. The van der Waals surface area contributed by atoms with E-state index in [-0.39, 0.29) is 5.41 Å². The van der Waals surface area contributed by atoms with E-state index in [2.05, 4.69) is 44.4 Å². The molecule has 0 spiro atoms. The van der Waals surface area contributed by atoms with Crippen LogP contribution in [0.25, 0.3) is 0 Å². The van der Waals surface area contributed by atoms with Crippen molar-refractivity contribution in [1.82, 2.24) is 5.32 Å². The van der Waals surface area contributed by atoms with Crippen LogP contribution in [0.1, 0.15) is 29.5 Å². The van der Waals surface area contributed by atoms with Crippen LogP contribution in [0.3, 0.4) is 0 Å². The predicted octanol–water partition coefficient (Wildman–Crippen LogP) is 2.57. The number of benzene rings is 1. The lowest BCUT2D eigenvalue weighted by Crippen LogP contribution is -2.56. The summed E-state index contributed by atoms with van der Waals surface area (Å²) in [7, 11) is 2.07. The van der Waals surface area contributed by atoms with Gasteiger partial charge in [-0.25, -0.2) is 0 Å². The standard InChI is InChI=1S/C16H23NO/c1-12-4-5-13(2)14(8-12)16(10-18-11-16)15(6-7-15)9-17-3/h4-5,8,17H,6-7,9-11H2,1-3H3. The number of ether oxygens (including phenoxy) is 1. The van der Waals surface area contributed by atoms with Crippen LogP contribution in [0.15, 0.2) is 18.2 Å². The van der Waals surface area contributed by atoms with Gasteiger partial charge in [0.1, 0.15) is 0 Å². The van der Waals surface area contributed by atoms with Gasteiger partial charge in [-0.05, 0) is 50.3 Å². The molecule has 0 aromatic heterocycles. The minimum absolute atomic E-state index is 0.270. The molecule has 3 rings (SSSR count). The van der Waals surface area contributed by atoms with Crippen molar-refractivity contribution in [3.63, 3.8) is 0 Å². The molecular weight excluding hydrogens is 222 g/mol. The first-order valence-electron chi connectivity index (χ1n) is 6.94. The molecule has 0 radical (unpaired) electrons. The largest absolute Gasteiger partial charge is 0.379 e. The summed E-state index contributed by atoms with van der Waals surface area (Å²) in [6.45, 7) is 7.35. The Morgan fingerprint density at radius 3 is 2.44 bits per heavy atom. The number of hydrogen-bond acceptors (Lipinski definition) is 2. The van der Waals surface area contributed by atoms with E-state index in [4.69, 9.17) is 4.74 Å². The van der Waals surface area contributed by atoms with Crippen molar-refractivity contribution in [2.45, 2.75) is 32.1 Å². The van der Waals surface area contributed by atoms with Gasteiger partial charge >= 0.3 is 0 Å². The van der Waals surface area contributed by atoms with Crippen LogP contribution in [0, 0.1) is 19.3 Å². The van der Waals surface area contributed by atoms with Gasteiger partial charge in [0.25, 0.3) is 0 Å². The second kappa shape index (κ2) is 4.07. The fourth-order valence-electron chi connectivity index (χ4n) is 3.62. The molecule has 1 aromatic carbocycles. The van der Waals surface area contributed by atoms with Gasteiger partial charge in [-0.3, -0.25) is 0 Å². The molecule has 98 valence electrons. The van der Waals surface area contributed by atoms with Crippen LogP contribution in [-0.4, -0.2) is 26.8 Å². The Bertz CT molecular complexity index is 458. The third kappa shape index (κ3) is 1.55. The summed E-state index contributed by atoms with van der Waals surface area (Å²) in [5.41, 5.74) is 5.03. The molecule has 1 aliphatic heterocycles.